The average molecular weight is 595 g/mol. The molecule has 2 amide bonds. The van der Waals surface area contributed by atoms with Crippen molar-refractivity contribution in [2.45, 2.75) is 71.8 Å². The van der Waals surface area contributed by atoms with Crippen LogP contribution in [0.4, 0.5) is 16.2 Å². The van der Waals surface area contributed by atoms with Gasteiger partial charge in [-0.2, -0.15) is 0 Å². The number of hydrogen-bond acceptors (Lipinski definition) is 6. The Morgan fingerprint density at radius 2 is 1.69 bits per heavy atom. The van der Waals surface area contributed by atoms with Crippen LogP contribution in [0.25, 0.3) is 10.9 Å². The molecule has 0 atom stereocenters. The second-order valence-corrected chi connectivity index (χ2v) is 13.8. The molecular weight excluding hydrogens is 548 g/mol. The summed E-state index contributed by atoms with van der Waals surface area (Å²) in [6, 6.07) is 12.3. The minimum Gasteiger partial charge on any atom is -0.492 e. The number of piperidine rings is 1. The summed E-state index contributed by atoms with van der Waals surface area (Å²) in [6.07, 6.45) is 4.46. The fourth-order valence-corrected chi connectivity index (χ4v) is 5.96. The minimum atomic E-state index is -0.492. The highest BCUT2D eigenvalue weighted by molar-refractivity contribution is 7.99. The number of carbonyl (C=O) groups is 2. The molecule has 228 valence electrons. The molecular formula is C33H46N4O4S. The molecule has 0 aliphatic carbocycles. The normalized spacial score (nSPS) is 14.6. The van der Waals surface area contributed by atoms with E-state index in [2.05, 4.69) is 55.1 Å². The van der Waals surface area contributed by atoms with Gasteiger partial charge in [0.1, 0.15) is 11.3 Å². The van der Waals surface area contributed by atoms with Gasteiger partial charge in [-0.15, -0.1) is 0 Å². The van der Waals surface area contributed by atoms with E-state index in [4.69, 9.17) is 9.47 Å². The van der Waals surface area contributed by atoms with Gasteiger partial charge >= 0.3 is 6.09 Å². The molecule has 0 spiro atoms. The summed E-state index contributed by atoms with van der Waals surface area (Å²) in [5, 5.41) is 4.17. The molecule has 3 aromatic rings. The van der Waals surface area contributed by atoms with Crippen molar-refractivity contribution in [3.05, 3.63) is 53.2 Å². The number of likely N-dealkylation sites (tertiary alicyclic amines) is 1. The van der Waals surface area contributed by atoms with Gasteiger partial charge in [-0.1, -0.05) is 50.9 Å². The lowest BCUT2D eigenvalue weighted by atomic mass is 9.86. The second kappa shape index (κ2) is 12.5. The third-order valence-corrected chi connectivity index (χ3v) is 8.19. The van der Waals surface area contributed by atoms with Gasteiger partial charge in [-0.05, 0) is 80.7 Å². The maximum absolute atomic E-state index is 13.7. The van der Waals surface area contributed by atoms with Gasteiger partial charge in [-0.25, -0.2) is 4.79 Å². The van der Waals surface area contributed by atoms with Crippen molar-refractivity contribution < 1.29 is 19.1 Å². The Morgan fingerprint density at radius 1 is 1.02 bits per heavy atom. The Balaban J connectivity index is 1.56. The molecule has 9 heteroatoms. The van der Waals surface area contributed by atoms with Gasteiger partial charge in [0.2, 0.25) is 0 Å². The first kappa shape index (κ1) is 31.6. The minimum absolute atomic E-state index is 0.113. The highest BCUT2D eigenvalue weighted by atomic mass is 32.2. The first-order valence-corrected chi connectivity index (χ1v) is 15.8. The van der Waals surface area contributed by atoms with Crippen LogP contribution in [0.5, 0.6) is 5.75 Å². The van der Waals surface area contributed by atoms with Crippen LogP contribution < -0.4 is 14.8 Å². The molecule has 1 saturated heterocycles. The number of aryl methyl sites for hydroxylation is 1. The summed E-state index contributed by atoms with van der Waals surface area (Å²) in [6.45, 7) is 13.5. The predicted octanol–water partition coefficient (Wildman–Crippen LogP) is 7.62. The van der Waals surface area contributed by atoms with Gasteiger partial charge in [0.15, 0.2) is 5.75 Å². The number of hydrogen-bond donors (Lipinski definition) is 2. The number of anilines is 2. The number of amides is 2. The lowest BCUT2D eigenvalue weighted by Gasteiger charge is -2.33. The third kappa shape index (κ3) is 7.17. The monoisotopic (exact) mass is 594 g/mol. The molecule has 0 bridgehead atoms. The number of carbonyl (C=O) groups excluding carboxylic acids is 2. The molecule has 0 saturated carbocycles. The molecule has 2 heterocycles. The molecule has 8 nitrogen and oxygen atoms in total. The molecule has 1 aliphatic rings. The zero-order valence-corrected chi connectivity index (χ0v) is 27.3. The summed E-state index contributed by atoms with van der Waals surface area (Å²) in [4.78, 5) is 28.1. The van der Waals surface area contributed by atoms with E-state index in [0.29, 0.717) is 36.1 Å². The summed E-state index contributed by atoms with van der Waals surface area (Å²) >= 11 is 1.48. The fourth-order valence-electron chi connectivity index (χ4n) is 5.59. The van der Waals surface area contributed by atoms with Gasteiger partial charge in [0, 0.05) is 31.8 Å². The zero-order valence-electron chi connectivity index (χ0n) is 26.5. The molecule has 1 fully saturated rings. The SMILES string of the molecule is COc1c(NSC)cc(C(C)(C)C)cc1NC(=O)c1cc2cccc(CC3CCN(C(=O)OC(C)(C)C)CC3)c2n1C. The number of nitrogens with one attached hydrogen (secondary N) is 2. The summed E-state index contributed by atoms with van der Waals surface area (Å²) in [7, 11) is 3.57. The van der Waals surface area contributed by atoms with Crippen LogP contribution in [0.2, 0.25) is 0 Å². The molecule has 1 aromatic heterocycles. The Hall–Kier alpha value is -3.33. The number of fused-ring (bicyclic) bond motifs is 1. The number of para-hydroxylation sites is 1. The van der Waals surface area contributed by atoms with Gasteiger partial charge in [0.05, 0.1) is 24.0 Å². The van der Waals surface area contributed by atoms with E-state index in [1.807, 2.05) is 55.7 Å². The Labute approximate surface area is 254 Å². The first-order valence-electron chi connectivity index (χ1n) is 14.6. The summed E-state index contributed by atoms with van der Waals surface area (Å²) in [5.41, 5.74) is 4.80. The van der Waals surface area contributed by atoms with E-state index in [-0.39, 0.29) is 17.4 Å². The van der Waals surface area contributed by atoms with Gasteiger partial charge < -0.3 is 29.0 Å². The van der Waals surface area contributed by atoms with Crippen molar-refractivity contribution in [2.75, 3.05) is 36.5 Å². The number of nitrogens with zero attached hydrogens (tertiary/aromatic N) is 2. The van der Waals surface area contributed by atoms with Gasteiger partial charge in [0.25, 0.3) is 5.91 Å². The van der Waals surface area contributed by atoms with Crippen LogP contribution in [-0.4, -0.2) is 53.5 Å². The molecule has 4 rings (SSSR count). The van der Waals surface area contributed by atoms with Crippen LogP contribution in [0, 0.1) is 5.92 Å². The second-order valence-electron chi connectivity index (χ2n) is 13.2. The van der Waals surface area contributed by atoms with Crippen molar-refractivity contribution in [1.82, 2.24) is 9.47 Å². The van der Waals surface area contributed by atoms with E-state index < -0.39 is 5.60 Å². The van der Waals surface area contributed by atoms with Crippen LogP contribution in [-0.2, 0) is 23.6 Å². The number of aromatic nitrogens is 1. The van der Waals surface area contributed by atoms with Crippen LogP contribution in [0.15, 0.2) is 36.4 Å². The number of benzene rings is 2. The number of methoxy groups -OCH3 is 1. The zero-order chi connectivity index (χ0) is 30.8. The van der Waals surface area contributed by atoms with Crippen molar-refractivity contribution >= 4 is 46.2 Å². The fraction of sp³-hybridized carbons (Fsp3) is 0.515. The van der Waals surface area contributed by atoms with E-state index in [1.165, 1.54) is 17.5 Å². The van der Waals surface area contributed by atoms with Crippen LogP contribution in [0.1, 0.15) is 76.0 Å². The third-order valence-electron chi connectivity index (χ3n) is 7.77. The van der Waals surface area contributed by atoms with Crippen molar-refractivity contribution in [3.63, 3.8) is 0 Å². The van der Waals surface area contributed by atoms with Crippen molar-refractivity contribution in [2.24, 2.45) is 13.0 Å². The number of rotatable bonds is 7. The van der Waals surface area contributed by atoms with E-state index in [1.54, 1.807) is 7.11 Å². The van der Waals surface area contributed by atoms with Crippen molar-refractivity contribution in [3.8, 4) is 5.75 Å². The maximum Gasteiger partial charge on any atom is 0.410 e. The van der Waals surface area contributed by atoms with E-state index in [9.17, 15) is 9.59 Å². The van der Waals surface area contributed by atoms with E-state index >= 15 is 0 Å². The molecule has 42 heavy (non-hydrogen) atoms. The first-order chi connectivity index (χ1) is 19.7. The lowest BCUT2D eigenvalue weighted by molar-refractivity contribution is 0.0184. The Kier molecular flexibility index (Phi) is 9.40. The van der Waals surface area contributed by atoms with E-state index in [0.717, 1.165) is 41.4 Å². The van der Waals surface area contributed by atoms with Gasteiger partial charge in [-0.3, -0.25) is 4.79 Å². The highest BCUT2D eigenvalue weighted by Gasteiger charge is 2.28. The van der Waals surface area contributed by atoms with Crippen LogP contribution >= 0.6 is 11.9 Å². The predicted molar refractivity (Wildman–Crippen MR) is 174 cm³/mol. The molecule has 1 aliphatic heterocycles. The Morgan fingerprint density at radius 3 is 2.29 bits per heavy atom. The van der Waals surface area contributed by atoms with Crippen molar-refractivity contribution in [1.29, 1.82) is 0 Å². The maximum atomic E-state index is 13.7. The summed E-state index contributed by atoms with van der Waals surface area (Å²) < 4.78 is 16.6. The smallest absolute Gasteiger partial charge is 0.410 e. The molecule has 0 radical (unpaired) electrons. The highest BCUT2D eigenvalue weighted by Crippen LogP contribution is 2.40. The Bertz CT molecular complexity index is 1440. The number of ether oxygens (including phenoxy) is 2. The standard InChI is InChI=1S/C33H46N4O4S/c1-32(2,3)24-19-25(29(40-8)26(20-24)35-42-9)34-30(38)27-18-23-12-10-11-22(28(23)36(27)7)17-21-13-15-37(16-14-21)31(39)41-33(4,5)6/h10-12,18-21,35H,13-17H2,1-9H3,(H,34,38). The quantitative estimate of drug-likeness (QED) is 0.274. The average Bonchev–Trinajstić information content (AvgIpc) is 3.25. The lowest BCUT2D eigenvalue weighted by Crippen LogP contribution is -2.42. The molecule has 2 aromatic carbocycles. The summed E-state index contributed by atoms with van der Waals surface area (Å²) in [5.74, 6) is 0.862. The molecule has 0 unspecified atom stereocenters. The topological polar surface area (TPSA) is 84.8 Å². The van der Waals surface area contributed by atoms with Crippen LogP contribution in [0.3, 0.4) is 0 Å². The largest absolute Gasteiger partial charge is 0.492 e. The molecule has 2 N–H and O–H groups in total.